The minimum Gasteiger partial charge on any atom is -0.453 e. The van der Waals surface area contributed by atoms with Gasteiger partial charge in [0.15, 0.2) is 6.10 Å². The summed E-state index contributed by atoms with van der Waals surface area (Å²) >= 11 is 5.45. The molecule has 20 heavy (non-hydrogen) atoms. The number of hydrogen-bond acceptors (Lipinski definition) is 3. The summed E-state index contributed by atoms with van der Waals surface area (Å²) in [6.45, 7) is 2.42. The smallest absolute Gasteiger partial charge is 0.417 e. The summed E-state index contributed by atoms with van der Waals surface area (Å²) in [6.07, 6.45) is -5.74. The van der Waals surface area contributed by atoms with E-state index in [0.29, 0.717) is 6.07 Å². The zero-order valence-corrected chi connectivity index (χ0v) is 11.3. The second-order valence-electron chi connectivity index (χ2n) is 3.93. The fraction of sp³-hybridized carbons (Fsp3) is 0.333. The van der Waals surface area contributed by atoms with Gasteiger partial charge in [-0.1, -0.05) is 11.6 Å². The number of esters is 1. The fourth-order valence-electron chi connectivity index (χ4n) is 1.37. The molecule has 0 aliphatic carbocycles. The van der Waals surface area contributed by atoms with E-state index in [2.05, 4.69) is 10.1 Å². The minimum atomic E-state index is -4.63. The summed E-state index contributed by atoms with van der Waals surface area (Å²) in [7, 11) is 0. The third-order valence-electron chi connectivity index (χ3n) is 2.25. The maximum Gasteiger partial charge on any atom is 0.417 e. The van der Waals surface area contributed by atoms with E-state index in [1.165, 1.54) is 13.0 Å². The summed E-state index contributed by atoms with van der Waals surface area (Å²) < 4.78 is 42.5. The van der Waals surface area contributed by atoms with E-state index >= 15 is 0 Å². The predicted molar refractivity (Wildman–Crippen MR) is 66.3 cm³/mol. The number of alkyl halides is 3. The number of halogens is 4. The number of carbonyl (C=O) groups is 2. The number of ether oxygens (including phenoxy) is 1. The van der Waals surface area contributed by atoms with Crippen molar-refractivity contribution < 1.29 is 27.5 Å². The molecule has 0 saturated carbocycles. The molecule has 1 aromatic rings. The normalized spacial score (nSPS) is 12.7. The lowest BCUT2D eigenvalue weighted by atomic mass is 10.2. The molecule has 0 fully saturated rings. The van der Waals surface area contributed by atoms with Crippen LogP contribution in [0.25, 0.3) is 0 Å². The molecule has 1 amide bonds. The molecule has 1 N–H and O–H groups in total. The van der Waals surface area contributed by atoms with E-state index in [1.54, 1.807) is 0 Å². The first kappa shape index (κ1) is 16.3. The van der Waals surface area contributed by atoms with Crippen LogP contribution >= 0.6 is 11.6 Å². The first-order chi connectivity index (χ1) is 9.11. The first-order valence-electron chi connectivity index (χ1n) is 5.46. The van der Waals surface area contributed by atoms with Crippen LogP contribution in [-0.2, 0) is 20.5 Å². The molecule has 1 aromatic carbocycles. The SMILES string of the molecule is CC(=O)OC(C)C(=O)Nc1ccc(Cl)c(C(F)(F)F)c1. The van der Waals surface area contributed by atoms with E-state index in [9.17, 15) is 22.8 Å². The summed E-state index contributed by atoms with van der Waals surface area (Å²) in [5.41, 5.74) is -1.15. The Hall–Kier alpha value is -1.76. The van der Waals surface area contributed by atoms with Crippen molar-refractivity contribution in [2.45, 2.75) is 26.1 Å². The highest BCUT2D eigenvalue weighted by Crippen LogP contribution is 2.36. The van der Waals surface area contributed by atoms with Crippen LogP contribution in [0.4, 0.5) is 18.9 Å². The quantitative estimate of drug-likeness (QED) is 0.872. The fourth-order valence-corrected chi connectivity index (χ4v) is 1.59. The van der Waals surface area contributed by atoms with Gasteiger partial charge in [-0.3, -0.25) is 9.59 Å². The van der Waals surface area contributed by atoms with E-state index in [1.807, 2.05) is 0 Å². The molecule has 1 unspecified atom stereocenters. The average Bonchev–Trinajstić information content (AvgIpc) is 2.29. The van der Waals surface area contributed by atoms with Crippen molar-refractivity contribution in [3.8, 4) is 0 Å². The van der Waals surface area contributed by atoms with Crippen molar-refractivity contribution in [2.24, 2.45) is 0 Å². The van der Waals surface area contributed by atoms with Crippen LogP contribution in [0.5, 0.6) is 0 Å². The predicted octanol–water partition coefficient (Wildman–Crippen LogP) is 3.25. The zero-order valence-electron chi connectivity index (χ0n) is 10.5. The second kappa shape index (κ2) is 6.13. The van der Waals surface area contributed by atoms with E-state index < -0.39 is 34.7 Å². The molecule has 0 spiro atoms. The number of nitrogens with one attached hydrogen (secondary N) is 1. The van der Waals surface area contributed by atoms with Crippen molar-refractivity contribution in [2.75, 3.05) is 5.32 Å². The molecule has 0 bridgehead atoms. The third kappa shape index (κ3) is 4.41. The first-order valence-corrected chi connectivity index (χ1v) is 5.84. The number of carbonyl (C=O) groups excluding carboxylic acids is 2. The van der Waals surface area contributed by atoms with Gasteiger partial charge in [0.05, 0.1) is 10.6 Å². The van der Waals surface area contributed by atoms with Gasteiger partial charge in [-0.2, -0.15) is 13.2 Å². The average molecular weight is 310 g/mol. The highest BCUT2D eigenvalue weighted by atomic mass is 35.5. The van der Waals surface area contributed by atoms with Crippen LogP contribution in [-0.4, -0.2) is 18.0 Å². The molecule has 0 aromatic heterocycles. The topological polar surface area (TPSA) is 55.4 Å². The minimum absolute atomic E-state index is 0.0919. The Balaban J connectivity index is 2.89. The van der Waals surface area contributed by atoms with E-state index in [0.717, 1.165) is 13.0 Å². The Morgan fingerprint density at radius 2 is 1.95 bits per heavy atom. The van der Waals surface area contributed by atoms with Gasteiger partial charge in [-0.25, -0.2) is 0 Å². The van der Waals surface area contributed by atoms with Gasteiger partial charge in [0.25, 0.3) is 5.91 Å². The standard InChI is InChI=1S/C12H11ClF3NO3/c1-6(20-7(2)18)11(19)17-8-3-4-10(13)9(5-8)12(14,15)16/h3-6H,1-2H3,(H,17,19). The van der Waals surface area contributed by atoms with Gasteiger partial charge < -0.3 is 10.1 Å². The molecular weight excluding hydrogens is 299 g/mol. The molecule has 0 heterocycles. The summed E-state index contributed by atoms with van der Waals surface area (Å²) in [6, 6.07) is 2.95. The molecule has 4 nitrogen and oxygen atoms in total. The number of benzene rings is 1. The number of anilines is 1. The van der Waals surface area contributed by atoms with Crippen LogP contribution in [0.2, 0.25) is 5.02 Å². The number of hydrogen-bond donors (Lipinski definition) is 1. The molecule has 0 aliphatic rings. The monoisotopic (exact) mass is 309 g/mol. The molecule has 8 heteroatoms. The Kier molecular flexibility index (Phi) is 4.99. The van der Waals surface area contributed by atoms with Crippen LogP contribution in [0, 0.1) is 0 Å². The summed E-state index contributed by atoms with van der Waals surface area (Å²) in [5.74, 6) is -1.41. The number of rotatable bonds is 3. The lowest BCUT2D eigenvalue weighted by molar-refractivity contribution is -0.150. The Bertz CT molecular complexity index is 531. The summed E-state index contributed by atoms with van der Waals surface area (Å²) in [5, 5.41) is 1.74. The van der Waals surface area contributed by atoms with Crippen molar-refractivity contribution in [1.82, 2.24) is 0 Å². The van der Waals surface area contributed by atoms with Crippen LogP contribution in [0.1, 0.15) is 19.4 Å². The lowest BCUT2D eigenvalue weighted by Crippen LogP contribution is -2.29. The second-order valence-corrected chi connectivity index (χ2v) is 4.34. The molecule has 1 rings (SSSR count). The maximum absolute atomic E-state index is 12.6. The van der Waals surface area contributed by atoms with Gasteiger partial charge in [0.1, 0.15) is 0 Å². The Labute approximate surface area is 117 Å². The third-order valence-corrected chi connectivity index (χ3v) is 2.58. The molecular formula is C12H11ClF3NO3. The highest BCUT2D eigenvalue weighted by Gasteiger charge is 2.33. The van der Waals surface area contributed by atoms with Gasteiger partial charge >= 0.3 is 12.1 Å². The van der Waals surface area contributed by atoms with Crippen molar-refractivity contribution in [1.29, 1.82) is 0 Å². The van der Waals surface area contributed by atoms with E-state index in [4.69, 9.17) is 11.6 Å². The van der Waals surface area contributed by atoms with Crippen molar-refractivity contribution >= 4 is 29.2 Å². The Morgan fingerprint density at radius 1 is 1.35 bits per heavy atom. The molecule has 0 saturated heterocycles. The molecule has 110 valence electrons. The Morgan fingerprint density at radius 3 is 2.45 bits per heavy atom. The van der Waals surface area contributed by atoms with Crippen LogP contribution < -0.4 is 5.32 Å². The molecule has 0 radical (unpaired) electrons. The number of amides is 1. The summed E-state index contributed by atoms with van der Waals surface area (Å²) in [4.78, 5) is 22.3. The van der Waals surface area contributed by atoms with E-state index in [-0.39, 0.29) is 5.69 Å². The highest BCUT2D eigenvalue weighted by molar-refractivity contribution is 6.31. The van der Waals surface area contributed by atoms with Gasteiger partial charge in [-0.15, -0.1) is 0 Å². The van der Waals surface area contributed by atoms with Gasteiger partial charge in [0.2, 0.25) is 0 Å². The lowest BCUT2D eigenvalue weighted by Gasteiger charge is -2.14. The molecule has 0 aliphatic heterocycles. The maximum atomic E-state index is 12.6. The van der Waals surface area contributed by atoms with Crippen molar-refractivity contribution in [3.63, 3.8) is 0 Å². The molecule has 1 atom stereocenters. The largest absolute Gasteiger partial charge is 0.453 e. The van der Waals surface area contributed by atoms with Gasteiger partial charge in [-0.05, 0) is 25.1 Å². The zero-order chi connectivity index (χ0) is 15.5. The van der Waals surface area contributed by atoms with Crippen LogP contribution in [0.3, 0.4) is 0 Å². The van der Waals surface area contributed by atoms with Crippen molar-refractivity contribution in [3.05, 3.63) is 28.8 Å². The van der Waals surface area contributed by atoms with Gasteiger partial charge in [0, 0.05) is 12.6 Å². The van der Waals surface area contributed by atoms with Crippen LogP contribution in [0.15, 0.2) is 18.2 Å².